The summed E-state index contributed by atoms with van der Waals surface area (Å²) in [7, 11) is 1.71. The molecule has 1 unspecified atom stereocenters. The van der Waals surface area contributed by atoms with Crippen LogP contribution >= 0.6 is 0 Å². The van der Waals surface area contributed by atoms with Crippen LogP contribution in [0.4, 0.5) is 0 Å². The molecule has 1 heterocycles. The summed E-state index contributed by atoms with van der Waals surface area (Å²) in [6.07, 6.45) is 0. The Kier molecular flexibility index (Phi) is 7.29. The molecule has 0 aliphatic carbocycles. The molecule has 1 aliphatic rings. The lowest BCUT2D eigenvalue weighted by atomic mass is 10.0. The van der Waals surface area contributed by atoms with Gasteiger partial charge in [-0.2, -0.15) is 0 Å². The second kappa shape index (κ2) is 9.90. The summed E-state index contributed by atoms with van der Waals surface area (Å²) in [6, 6.07) is 14.1. The van der Waals surface area contributed by atoms with Crippen molar-refractivity contribution in [1.82, 2.24) is 15.1 Å². The number of amides is 1. The lowest BCUT2D eigenvalue weighted by molar-refractivity contribution is 0.0850. The average Bonchev–Trinajstić information content (AvgIpc) is 2.76. The van der Waals surface area contributed by atoms with Gasteiger partial charge in [-0.05, 0) is 49.7 Å². The molecular weight excluding hydrogens is 362 g/mol. The molecule has 2 aromatic carbocycles. The molecule has 0 bridgehead atoms. The average molecular weight is 396 g/mol. The molecule has 1 atom stereocenters. The number of rotatable bonds is 7. The van der Waals surface area contributed by atoms with Crippen LogP contribution in [0.25, 0.3) is 0 Å². The minimum absolute atomic E-state index is 0.0276. The number of likely N-dealkylation sites (N-methyl/N-ethyl adjacent to an activating group) is 1. The third-order valence-corrected chi connectivity index (χ3v) is 6.02. The number of nitrogens with zero attached hydrogens (tertiary/aromatic N) is 2. The van der Waals surface area contributed by atoms with Crippen LogP contribution in [0.2, 0.25) is 0 Å². The van der Waals surface area contributed by atoms with Crippen LogP contribution in [-0.2, 0) is 0 Å². The zero-order valence-corrected chi connectivity index (χ0v) is 18.1. The largest absolute Gasteiger partial charge is 0.496 e. The van der Waals surface area contributed by atoms with Crippen molar-refractivity contribution in [2.24, 2.45) is 0 Å². The standard InChI is InChI=1S/C24H33N3O2/c1-5-26-12-14-27(15-13-26)22(21-8-6-7-9-23(21)29-4)17-25-24(28)20-11-10-18(2)19(3)16-20/h6-11,16,22H,5,12-15,17H2,1-4H3,(H,25,28). The molecule has 1 fully saturated rings. The lowest BCUT2D eigenvalue weighted by Gasteiger charge is -2.39. The topological polar surface area (TPSA) is 44.8 Å². The van der Waals surface area contributed by atoms with E-state index in [-0.39, 0.29) is 11.9 Å². The van der Waals surface area contributed by atoms with Gasteiger partial charge in [0.2, 0.25) is 0 Å². The molecule has 2 aromatic rings. The van der Waals surface area contributed by atoms with Crippen LogP contribution in [0.1, 0.15) is 40.0 Å². The van der Waals surface area contributed by atoms with Crippen molar-refractivity contribution in [1.29, 1.82) is 0 Å². The molecule has 0 aromatic heterocycles. The molecule has 0 radical (unpaired) electrons. The van der Waals surface area contributed by atoms with E-state index < -0.39 is 0 Å². The maximum atomic E-state index is 12.8. The van der Waals surface area contributed by atoms with E-state index in [9.17, 15) is 4.79 Å². The Balaban J connectivity index is 1.78. The van der Waals surface area contributed by atoms with E-state index >= 15 is 0 Å². The summed E-state index contributed by atoms with van der Waals surface area (Å²) in [5, 5.41) is 3.17. The summed E-state index contributed by atoms with van der Waals surface area (Å²) in [5.41, 5.74) is 4.17. The first-order valence-electron chi connectivity index (χ1n) is 10.5. The first-order chi connectivity index (χ1) is 14.0. The Morgan fingerprint density at radius 1 is 1.07 bits per heavy atom. The lowest BCUT2D eigenvalue weighted by Crippen LogP contribution is -2.49. The van der Waals surface area contributed by atoms with Crippen LogP contribution in [-0.4, -0.2) is 62.1 Å². The van der Waals surface area contributed by atoms with E-state index in [2.05, 4.69) is 35.0 Å². The molecule has 1 N–H and O–H groups in total. The van der Waals surface area contributed by atoms with Gasteiger partial charge < -0.3 is 15.0 Å². The second-order valence-electron chi connectivity index (χ2n) is 7.74. The molecule has 156 valence electrons. The molecule has 0 saturated carbocycles. The smallest absolute Gasteiger partial charge is 0.251 e. The zero-order valence-electron chi connectivity index (χ0n) is 18.1. The molecule has 1 saturated heterocycles. The zero-order chi connectivity index (χ0) is 20.8. The Hall–Kier alpha value is -2.37. The maximum Gasteiger partial charge on any atom is 0.251 e. The van der Waals surface area contributed by atoms with Gasteiger partial charge in [0, 0.05) is 43.9 Å². The highest BCUT2D eigenvalue weighted by molar-refractivity contribution is 5.94. The van der Waals surface area contributed by atoms with E-state index in [1.807, 2.05) is 43.3 Å². The van der Waals surface area contributed by atoms with Crippen molar-refractivity contribution in [3.8, 4) is 5.75 Å². The third kappa shape index (κ3) is 5.17. The van der Waals surface area contributed by atoms with Crippen molar-refractivity contribution in [2.45, 2.75) is 26.8 Å². The van der Waals surface area contributed by atoms with Crippen molar-refractivity contribution in [3.63, 3.8) is 0 Å². The Morgan fingerprint density at radius 2 is 1.79 bits per heavy atom. The number of benzene rings is 2. The van der Waals surface area contributed by atoms with E-state index in [1.54, 1.807) is 7.11 Å². The Labute approximate surface area is 174 Å². The number of carbonyl (C=O) groups excluding carboxylic acids is 1. The highest BCUT2D eigenvalue weighted by Crippen LogP contribution is 2.29. The van der Waals surface area contributed by atoms with Crippen LogP contribution in [0, 0.1) is 13.8 Å². The minimum atomic E-state index is -0.0276. The van der Waals surface area contributed by atoms with Gasteiger partial charge in [-0.1, -0.05) is 31.2 Å². The summed E-state index contributed by atoms with van der Waals surface area (Å²) in [4.78, 5) is 17.7. The quantitative estimate of drug-likeness (QED) is 0.780. The molecule has 5 nitrogen and oxygen atoms in total. The van der Waals surface area contributed by atoms with Gasteiger partial charge in [0.1, 0.15) is 5.75 Å². The highest BCUT2D eigenvalue weighted by atomic mass is 16.5. The molecule has 5 heteroatoms. The summed E-state index contributed by atoms with van der Waals surface area (Å²) in [5.74, 6) is 0.844. The summed E-state index contributed by atoms with van der Waals surface area (Å²) < 4.78 is 5.63. The second-order valence-corrected chi connectivity index (χ2v) is 7.74. The van der Waals surface area contributed by atoms with Crippen LogP contribution in [0.15, 0.2) is 42.5 Å². The summed E-state index contributed by atoms with van der Waals surface area (Å²) >= 11 is 0. The van der Waals surface area contributed by atoms with Gasteiger partial charge in [0.15, 0.2) is 0 Å². The van der Waals surface area contributed by atoms with Gasteiger partial charge in [-0.25, -0.2) is 0 Å². The van der Waals surface area contributed by atoms with Gasteiger partial charge in [0.25, 0.3) is 5.91 Å². The van der Waals surface area contributed by atoms with E-state index in [1.165, 1.54) is 5.56 Å². The normalized spacial score (nSPS) is 16.4. The van der Waals surface area contributed by atoms with Crippen molar-refractivity contribution >= 4 is 5.91 Å². The molecule has 0 spiro atoms. The third-order valence-electron chi connectivity index (χ3n) is 6.02. The van der Waals surface area contributed by atoms with Crippen LogP contribution in [0.3, 0.4) is 0 Å². The van der Waals surface area contributed by atoms with Crippen molar-refractivity contribution < 1.29 is 9.53 Å². The van der Waals surface area contributed by atoms with Crippen LogP contribution < -0.4 is 10.1 Å². The number of carbonyl (C=O) groups is 1. The maximum absolute atomic E-state index is 12.8. The predicted octanol–water partition coefficient (Wildman–Crippen LogP) is 3.42. The highest BCUT2D eigenvalue weighted by Gasteiger charge is 2.27. The summed E-state index contributed by atoms with van der Waals surface area (Å²) in [6.45, 7) is 12.0. The number of methoxy groups -OCH3 is 1. The van der Waals surface area contributed by atoms with E-state index in [0.717, 1.165) is 49.6 Å². The first kappa shape index (κ1) is 21.3. The number of piperazine rings is 1. The molecule has 29 heavy (non-hydrogen) atoms. The first-order valence-corrected chi connectivity index (χ1v) is 10.5. The molecular formula is C24H33N3O2. The fraction of sp³-hybridized carbons (Fsp3) is 0.458. The SMILES string of the molecule is CCN1CCN(C(CNC(=O)c2ccc(C)c(C)c2)c2ccccc2OC)CC1. The predicted molar refractivity (Wildman–Crippen MR) is 118 cm³/mol. The molecule has 3 rings (SSSR count). The van der Waals surface area contributed by atoms with Crippen LogP contribution in [0.5, 0.6) is 5.75 Å². The van der Waals surface area contributed by atoms with Crippen molar-refractivity contribution in [2.75, 3.05) is 46.4 Å². The monoisotopic (exact) mass is 395 g/mol. The van der Waals surface area contributed by atoms with Gasteiger partial charge in [-0.15, -0.1) is 0 Å². The fourth-order valence-corrected chi connectivity index (χ4v) is 3.94. The van der Waals surface area contributed by atoms with E-state index in [4.69, 9.17) is 4.74 Å². The van der Waals surface area contributed by atoms with Crippen molar-refractivity contribution in [3.05, 3.63) is 64.7 Å². The van der Waals surface area contributed by atoms with E-state index in [0.29, 0.717) is 12.1 Å². The Morgan fingerprint density at radius 3 is 2.45 bits per heavy atom. The van der Waals surface area contributed by atoms with Gasteiger partial charge in [-0.3, -0.25) is 9.69 Å². The number of ether oxygens (including phenoxy) is 1. The van der Waals surface area contributed by atoms with Gasteiger partial charge in [0.05, 0.1) is 13.2 Å². The number of nitrogens with one attached hydrogen (secondary N) is 1. The number of aryl methyl sites for hydroxylation is 2. The fourth-order valence-electron chi connectivity index (χ4n) is 3.94. The molecule has 1 aliphatic heterocycles. The Bertz CT molecular complexity index is 829. The molecule has 1 amide bonds. The minimum Gasteiger partial charge on any atom is -0.496 e. The number of para-hydroxylation sites is 1. The number of hydrogen-bond acceptors (Lipinski definition) is 4. The van der Waals surface area contributed by atoms with Gasteiger partial charge >= 0.3 is 0 Å². The number of hydrogen-bond donors (Lipinski definition) is 1.